The number of nitrogens with one attached hydrogen (secondary N) is 1. The number of anilines is 1. The fraction of sp³-hybridized carbons (Fsp3) is 0.786. The Balaban J connectivity index is 1.90. The third kappa shape index (κ3) is 3.05. The number of rotatable bonds is 4. The third-order valence-corrected chi connectivity index (χ3v) is 3.97. The number of hydrogen-bond acceptors (Lipinski definition) is 3. The van der Waals surface area contributed by atoms with Crippen LogP contribution in [-0.4, -0.2) is 29.7 Å². The predicted octanol–water partition coefficient (Wildman–Crippen LogP) is 2.15. The zero-order chi connectivity index (χ0) is 13.1. The molecule has 0 radical (unpaired) electrons. The molecular weight excluding hydrogens is 224 g/mol. The number of nitrogens with zero attached hydrogens (tertiary/aromatic N) is 3. The van der Waals surface area contributed by atoms with Crippen molar-refractivity contribution < 1.29 is 0 Å². The zero-order valence-electron chi connectivity index (χ0n) is 12.1. The molecule has 1 aliphatic rings. The maximum Gasteiger partial charge on any atom is 0.204 e. The maximum absolute atomic E-state index is 4.44. The van der Waals surface area contributed by atoms with Gasteiger partial charge in [0.05, 0.1) is 11.9 Å². The van der Waals surface area contributed by atoms with Gasteiger partial charge in [-0.25, -0.2) is 4.98 Å². The van der Waals surface area contributed by atoms with E-state index < -0.39 is 0 Å². The fourth-order valence-electron chi connectivity index (χ4n) is 2.88. The van der Waals surface area contributed by atoms with Crippen molar-refractivity contribution in [1.82, 2.24) is 14.9 Å². The standard InChI is InChI=1S/C14H26N4/c1-11-6-5-7-12(8-11)15-9-13-10-16-14(17(2)3)18(13)4/h10-12,15H,5-9H2,1-4H3. The predicted molar refractivity (Wildman–Crippen MR) is 75.8 cm³/mol. The van der Waals surface area contributed by atoms with Crippen LogP contribution in [0.5, 0.6) is 0 Å². The van der Waals surface area contributed by atoms with Crippen LogP contribution in [0.1, 0.15) is 38.3 Å². The van der Waals surface area contributed by atoms with Gasteiger partial charge in [0.25, 0.3) is 0 Å². The van der Waals surface area contributed by atoms with E-state index in [2.05, 4.69) is 28.8 Å². The van der Waals surface area contributed by atoms with E-state index in [1.807, 2.05) is 25.2 Å². The molecule has 4 nitrogen and oxygen atoms in total. The molecule has 0 aromatic carbocycles. The van der Waals surface area contributed by atoms with Crippen molar-refractivity contribution in [2.24, 2.45) is 13.0 Å². The van der Waals surface area contributed by atoms with Gasteiger partial charge in [0.1, 0.15) is 0 Å². The lowest BCUT2D eigenvalue weighted by molar-refractivity contribution is 0.299. The summed E-state index contributed by atoms with van der Waals surface area (Å²) >= 11 is 0. The van der Waals surface area contributed by atoms with Crippen LogP contribution in [0, 0.1) is 5.92 Å². The monoisotopic (exact) mass is 250 g/mol. The van der Waals surface area contributed by atoms with E-state index in [1.54, 1.807) is 0 Å². The normalized spacial score (nSPS) is 24.2. The van der Waals surface area contributed by atoms with Crippen molar-refractivity contribution in [3.63, 3.8) is 0 Å². The van der Waals surface area contributed by atoms with Gasteiger partial charge >= 0.3 is 0 Å². The second kappa shape index (κ2) is 5.74. The molecule has 1 fully saturated rings. The third-order valence-electron chi connectivity index (χ3n) is 3.97. The highest BCUT2D eigenvalue weighted by atomic mass is 15.3. The topological polar surface area (TPSA) is 33.1 Å². The van der Waals surface area contributed by atoms with Crippen molar-refractivity contribution in [2.75, 3.05) is 19.0 Å². The lowest BCUT2D eigenvalue weighted by Gasteiger charge is -2.27. The SMILES string of the molecule is CC1CCCC(NCc2cnc(N(C)C)n2C)C1. The van der Waals surface area contributed by atoms with Gasteiger partial charge in [-0.1, -0.05) is 19.8 Å². The van der Waals surface area contributed by atoms with Crippen molar-refractivity contribution in [3.8, 4) is 0 Å². The van der Waals surface area contributed by atoms with E-state index in [0.717, 1.165) is 18.4 Å². The lowest BCUT2D eigenvalue weighted by Crippen LogP contribution is -2.33. The van der Waals surface area contributed by atoms with Gasteiger partial charge in [0.15, 0.2) is 0 Å². The van der Waals surface area contributed by atoms with Gasteiger partial charge in [0.2, 0.25) is 5.95 Å². The minimum atomic E-state index is 0.687. The summed E-state index contributed by atoms with van der Waals surface area (Å²) in [4.78, 5) is 6.49. The first-order valence-electron chi connectivity index (χ1n) is 6.99. The van der Waals surface area contributed by atoms with E-state index in [9.17, 15) is 0 Å². The maximum atomic E-state index is 4.44. The Morgan fingerprint density at radius 3 is 2.83 bits per heavy atom. The highest BCUT2D eigenvalue weighted by molar-refractivity contribution is 5.30. The fourth-order valence-corrected chi connectivity index (χ4v) is 2.88. The molecule has 1 heterocycles. The van der Waals surface area contributed by atoms with Gasteiger partial charge in [0, 0.05) is 33.7 Å². The summed E-state index contributed by atoms with van der Waals surface area (Å²) in [5.74, 6) is 1.89. The van der Waals surface area contributed by atoms with Crippen LogP contribution in [-0.2, 0) is 13.6 Å². The number of aromatic nitrogens is 2. The molecule has 0 aliphatic heterocycles. The highest BCUT2D eigenvalue weighted by Gasteiger charge is 2.18. The first-order valence-corrected chi connectivity index (χ1v) is 6.99. The number of imidazole rings is 1. The van der Waals surface area contributed by atoms with Crippen molar-refractivity contribution in [1.29, 1.82) is 0 Å². The van der Waals surface area contributed by atoms with Crippen LogP contribution in [0.25, 0.3) is 0 Å². The van der Waals surface area contributed by atoms with Gasteiger partial charge in [-0.15, -0.1) is 0 Å². The summed E-state index contributed by atoms with van der Waals surface area (Å²) in [5.41, 5.74) is 1.26. The van der Waals surface area contributed by atoms with Crippen LogP contribution in [0.3, 0.4) is 0 Å². The van der Waals surface area contributed by atoms with Crippen LogP contribution in [0.4, 0.5) is 5.95 Å². The first-order chi connectivity index (χ1) is 8.58. The summed E-state index contributed by atoms with van der Waals surface area (Å²) in [5, 5.41) is 3.68. The van der Waals surface area contributed by atoms with Crippen LogP contribution in [0.15, 0.2) is 6.20 Å². The Hall–Kier alpha value is -1.03. The molecule has 18 heavy (non-hydrogen) atoms. The lowest BCUT2D eigenvalue weighted by atomic mass is 9.87. The first kappa shape index (κ1) is 13.4. The van der Waals surface area contributed by atoms with Gasteiger partial charge < -0.3 is 14.8 Å². The van der Waals surface area contributed by atoms with Crippen LogP contribution >= 0.6 is 0 Å². The average molecular weight is 250 g/mol. The molecule has 0 saturated heterocycles. The Morgan fingerprint density at radius 1 is 1.44 bits per heavy atom. The minimum Gasteiger partial charge on any atom is -0.348 e. The van der Waals surface area contributed by atoms with Crippen molar-refractivity contribution in [3.05, 3.63) is 11.9 Å². The quantitative estimate of drug-likeness (QED) is 0.889. The Morgan fingerprint density at radius 2 is 2.22 bits per heavy atom. The molecule has 1 aliphatic carbocycles. The van der Waals surface area contributed by atoms with E-state index in [0.29, 0.717) is 6.04 Å². The summed E-state index contributed by atoms with van der Waals surface area (Å²) in [6.45, 7) is 3.29. The summed E-state index contributed by atoms with van der Waals surface area (Å²) < 4.78 is 2.17. The molecule has 2 atom stereocenters. The molecular formula is C14H26N4. The Kier molecular flexibility index (Phi) is 4.27. The summed E-state index contributed by atoms with van der Waals surface area (Å²) in [7, 11) is 6.15. The van der Waals surface area contributed by atoms with Crippen LogP contribution < -0.4 is 10.2 Å². The number of hydrogen-bond donors (Lipinski definition) is 1. The molecule has 1 N–H and O–H groups in total. The van der Waals surface area contributed by atoms with E-state index in [-0.39, 0.29) is 0 Å². The second-order valence-corrected chi connectivity index (χ2v) is 5.85. The van der Waals surface area contributed by atoms with Gasteiger partial charge in [-0.05, 0) is 18.8 Å². The van der Waals surface area contributed by atoms with Gasteiger partial charge in [-0.3, -0.25) is 0 Å². The largest absolute Gasteiger partial charge is 0.348 e. The average Bonchev–Trinajstić information content (AvgIpc) is 2.68. The Labute approximate surface area is 110 Å². The molecule has 1 aromatic heterocycles. The Bertz CT molecular complexity index is 383. The van der Waals surface area contributed by atoms with E-state index >= 15 is 0 Å². The molecule has 1 saturated carbocycles. The highest BCUT2D eigenvalue weighted by Crippen LogP contribution is 2.23. The van der Waals surface area contributed by atoms with E-state index in [4.69, 9.17) is 0 Å². The van der Waals surface area contributed by atoms with Gasteiger partial charge in [-0.2, -0.15) is 0 Å². The second-order valence-electron chi connectivity index (χ2n) is 5.85. The summed E-state index contributed by atoms with van der Waals surface area (Å²) in [6, 6.07) is 0.687. The van der Waals surface area contributed by atoms with Crippen LogP contribution in [0.2, 0.25) is 0 Å². The molecule has 2 rings (SSSR count). The molecule has 102 valence electrons. The molecule has 0 amide bonds. The molecule has 2 unspecified atom stereocenters. The molecule has 1 aromatic rings. The smallest absolute Gasteiger partial charge is 0.204 e. The van der Waals surface area contributed by atoms with Crippen molar-refractivity contribution >= 4 is 5.95 Å². The van der Waals surface area contributed by atoms with Crippen molar-refractivity contribution in [2.45, 2.75) is 45.2 Å². The minimum absolute atomic E-state index is 0.687. The molecule has 4 heteroatoms. The molecule has 0 spiro atoms. The summed E-state index contributed by atoms with van der Waals surface area (Å²) in [6.07, 6.45) is 7.39. The molecule has 0 bridgehead atoms. The zero-order valence-corrected chi connectivity index (χ0v) is 12.1. The van der Waals surface area contributed by atoms with E-state index in [1.165, 1.54) is 31.4 Å².